The Labute approximate surface area is 179 Å². The minimum atomic E-state index is -0.929. The predicted octanol–water partition coefficient (Wildman–Crippen LogP) is 7.61. The Balaban J connectivity index is 2.88. The Morgan fingerprint density at radius 2 is 1.59 bits per heavy atom. The van der Waals surface area contributed by atoms with E-state index in [9.17, 15) is 9.90 Å². The van der Waals surface area contributed by atoms with Crippen molar-refractivity contribution < 1.29 is 14.6 Å². The number of carbonyl (C=O) groups is 1. The molecule has 1 aromatic rings. The van der Waals surface area contributed by atoms with Gasteiger partial charge in [0.2, 0.25) is 0 Å². The van der Waals surface area contributed by atoms with Crippen molar-refractivity contribution in [1.29, 1.82) is 0 Å². The molecule has 3 unspecified atom stereocenters. The summed E-state index contributed by atoms with van der Waals surface area (Å²) in [6.45, 7) is 20.9. The number of aromatic carboxylic acids is 1. The van der Waals surface area contributed by atoms with E-state index in [1.54, 1.807) is 12.1 Å². The molecule has 0 saturated heterocycles. The van der Waals surface area contributed by atoms with Gasteiger partial charge in [-0.15, -0.1) is 0 Å². The molecule has 0 saturated carbocycles. The second kappa shape index (κ2) is 10.5. The van der Waals surface area contributed by atoms with E-state index in [4.69, 9.17) is 4.74 Å². The third-order valence-electron chi connectivity index (χ3n) is 5.55. The van der Waals surface area contributed by atoms with Gasteiger partial charge in [0.15, 0.2) is 0 Å². The van der Waals surface area contributed by atoms with Crippen LogP contribution in [0.5, 0.6) is 5.75 Å². The van der Waals surface area contributed by atoms with E-state index in [0.29, 0.717) is 35.5 Å². The molecule has 0 aromatic heterocycles. The Bertz CT molecular complexity index is 649. The molecule has 1 rings (SSSR count). The minimum Gasteiger partial charge on any atom is -0.492 e. The van der Waals surface area contributed by atoms with Gasteiger partial charge in [-0.3, -0.25) is 0 Å². The van der Waals surface area contributed by atoms with Gasteiger partial charge in [0, 0.05) is 0 Å². The summed E-state index contributed by atoms with van der Waals surface area (Å²) >= 11 is 0. The van der Waals surface area contributed by atoms with Crippen molar-refractivity contribution in [2.75, 3.05) is 6.61 Å². The van der Waals surface area contributed by atoms with Crippen molar-refractivity contribution in [2.24, 2.45) is 28.6 Å². The highest BCUT2D eigenvalue weighted by molar-refractivity contribution is 5.91. The van der Waals surface area contributed by atoms with Crippen LogP contribution in [0, 0.1) is 35.5 Å². The fourth-order valence-electron chi connectivity index (χ4n) is 4.44. The van der Waals surface area contributed by atoms with Crippen LogP contribution in [0.2, 0.25) is 0 Å². The second-order valence-corrected chi connectivity index (χ2v) is 11.6. The summed E-state index contributed by atoms with van der Waals surface area (Å²) in [5.41, 5.74) is 1.81. The van der Waals surface area contributed by atoms with Gasteiger partial charge in [0.05, 0.1) is 6.61 Å². The summed E-state index contributed by atoms with van der Waals surface area (Å²) in [6.07, 6.45) is 4.64. The Morgan fingerprint density at radius 3 is 2.10 bits per heavy atom. The molecule has 1 aromatic carbocycles. The zero-order valence-electron chi connectivity index (χ0n) is 20.3. The minimum absolute atomic E-state index is 0.258. The van der Waals surface area contributed by atoms with E-state index in [0.717, 1.165) is 18.4 Å². The lowest BCUT2D eigenvalue weighted by atomic mass is 9.76. The van der Waals surface area contributed by atoms with Crippen LogP contribution in [-0.4, -0.2) is 17.7 Å². The summed E-state index contributed by atoms with van der Waals surface area (Å²) in [7, 11) is 0. The molecule has 3 nitrogen and oxygen atoms in total. The quantitative estimate of drug-likeness (QED) is 0.436. The summed E-state index contributed by atoms with van der Waals surface area (Å²) in [5.74, 6) is 1.17. The second-order valence-electron chi connectivity index (χ2n) is 11.6. The van der Waals surface area contributed by atoms with E-state index in [-0.39, 0.29) is 11.0 Å². The third-order valence-corrected chi connectivity index (χ3v) is 5.55. The number of benzene rings is 1. The monoisotopic (exact) mass is 404 g/mol. The molecule has 0 heterocycles. The standard InChI is InChI=1S/C26H44O3/c1-18-11-13-23(22(14-18)24(27)28)29-17-21(20(3)16-26(7,8)9)12-10-19(2)15-25(4,5)6/h11,13-14,19-21H,10,12,15-17H2,1-9H3,(H,27,28). The van der Waals surface area contributed by atoms with Crippen molar-refractivity contribution in [3.05, 3.63) is 29.3 Å². The van der Waals surface area contributed by atoms with E-state index in [1.165, 1.54) is 12.8 Å². The molecule has 1 N–H and O–H groups in total. The van der Waals surface area contributed by atoms with Gasteiger partial charge < -0.3 is 9.84 Å². The smallest absolute Gasteiger partial charge is 0.339 e. The van der Waals surface area contributed by atoms with Gasteiger partial charge in [0.1, 0.15) is 11.3 Å². The highest BCUT2D eigenvalue weighted by atomic mass is 16.5. The molecule has 0 radical (unpaired) electrons. The first-order chi connectivity index (χ1) is 13.2. The first-order valence-electron chi connectivity index (χ1n) is 11.1. The first-order valence-corrected chi connectivity index (χ1v) is 11.1. The highest BCUT2D eigenvalue weighted by Crippen LogP contribution is 2.34. The van der Waals surface area contributed by atoms with Crippen molar-refractivity contribution in [1.82, 2.24) is 0 Å². The maximum Gasteiger partial charge on any atom is 0.339 e. The largest absolute Gasteiger partial charge is 0.492 e. The molecule has 3 atom stereocenters. The lowest BCUT2D eigenvalue weighted by molar-refractivity contribution is 0.0689. The topological polar surface area (TPSA) is 46.5 Å². The molecule has 0 aliphatic heterocycles. The summed E-state index contributed by atoms with van der Waals surface area (Å²) < 4.78 is 6.10. The molecule has 3 heteroatoms. The zero-order valence-corrected chi connectivity index (χ0v) is 20.3. The van der Waals surface area contributed by atoms with Crippen LogP contribution < -0.4 is 4.74 Å². The normalized spacial score (nSPS) is 15.6. The van der Waals surface area contributed by atoms with E-state index in [1.807, 2.05) is 13.0 Å². The van der Waals surface area contributed by atoms with Gasteiger partial charge in [-0.2, -0.15) is 0 Å². The van der Waals surface area contributed by atoms with Crippen molar-refractivity contribution in [2.45, 2.75) is 88.0 Å². The maximum absolute atomic E-state index is 11.6. The molecule has 0 fully saturated rings. The van der Waals surface area contributed by atoms with Gasteiger partial charge in [-0.05, 0) is 66.9 Å². The van der Waals surface area contributed by atoms with Crippen LogP contribution in [0.1, 0.15) is 97.0 Å². The third kappa shape index (κ3) is 10.2. The Morgan fingerprint density at radius 1 is 1.00 bits per heavy atom. The van der Waals surface area contributed by atoms with Crippen LogP contribution in [0.15, 0.2) is 18.2 Å². The van der Waals surface area contributed by atoms with Crippen LogP contribution in [-0.2, 0) is 0 Å². The summed E-state index contributed by atoms with van der Waals surface area (Å²) in [6, 6.07) is 5.41. The van der Waals surface area contributed by atoms with Crippen molar-refractivity contribution >= 4 is 5.97 Å². The van der Waals surface area contributed by atoms with E-state index < -0.39 is 5.97 Å². The molecule has 0 spiro atoms. The van der Waals surface area contributed by atoms with Crippen LogP contribution >= 0.6 is 0 Å². The van der Waals surface area contributed by atoms with Crippen molar-refractivity contribution in [3.8, 4) is 5.75 Å². The van der Waals surface area contributed by atoms with Crippen LogP contribution in [0.4, 0.5) is 0 Å². The molecule has 0 aliphatic carbocycles. The molecule has 0 aliphatic rings. The zero-order chi connectivity index (χ0) is 22.4. The van der Waals surface area contributed by atoms with E-state index in [2.05, 4.69) is 55.4 Å². The molecular weight excluding hydrogens is 360 g/mol. The number of carboxylic acids is 1. The Hall–Kier alpha value is -1.51. The number of hydrogen-bond acceptors (Lipinski definition) is 2. The Kier molecular flexibility index (Phi) is 9.24. The average Bonchev–Trinajstić information content (AvgIpc) is 2.52. The number of rotatable bonds is 10. The highest BCUT2D eigenvalue weighted by Gasteiger charge is 2.25. The molecule has 0 bridgehead atoms. The molecule has 166 valence electrons. The van der Waals surface area contributed by atoms with Gasteiger partial charge in [-0.1, -0.05) is 73.4 Å². The lowest BCUT2D eigenvalue weighted by Gasteiger charge is -2.31. The lowest BCUT2D eigenvalue weighted by Crippen LogP contribution is -2.25. The van der Waals surface area contributed by atoms with Gasteiger partial charge >= 0.3 is 5.97 Å². The van der Waals surface area contributed by atoms with Crippen molar-refractivity contribution in [3.63, 3.8) is 0 Å². The average molecular weight is 405 g/mol. The maximum atomic E-state index is 11.6. The predicted molar refractivity (Wildman–Crippen MR) is 123 cm³/mol. The number of aryl methyl sites for hydroxylation is 1. The fraction of sp³-hybridized carbons (Fsp3) is 0.731. The number of hydrogen-bond donors (Lipinski definition) is 1. The number of ether oxygens (including phenoxy) is 1. The fourth-order valence-corrected chi connectivity index (χ4v) is 4.44. The first kappa shape index (κ1) is 25.5. The summed E-state index contributed by atoms with van der Waals surface area (Å²) in [4.78, 5) is 11.6. The van der Waals surface area contributed by atoms with Crippen LogP contribution in [0.3, 0.4) is 0 Å². The summed E-state index contributed by atoms with van der Waals surface area (Å²) in [5, 5.41) is 9.52. The molecule has 0 amide bonds. The van der Waals surface area contributed by atoms with Gasteiger partial charge in [0.25, 0.3) is 0 Å². The van der Waals surface area contributed by atoms with Crippen LogP contribution in [0.25, 0.3) is 0 Å². The molecular formula is C26H44O3. The SMILES string of the molecule is Cc1ccc(OCC(CCC(C)CC(C)(C)C)C(C)CC(C)(C)C)c(C(=O)O)c1. The van der Waals surface area contributed by atoms with E-state index >= 15 is 0 Å². The number of carboxylic acid groups (broad SMARTS) is 1. The molecule has 29 heavy (non-hydrogen) atoms. The van der Waals surface area contributed by atoms with Gasteiger partial charge in [-0.25, -0.2) is 4.79 Å².